The lowest BCUT2D eigenvalue weighted by molar-refractivity contribution is -0.113. The Morgan fingerprint density at radius 3 is 3.08 bits per heavy atom. The number of nitrogens with zero attached hydrogens (tertiary/aromatic N) is 3. The van der Waals surface area contributed by atoms with E-state index in [-0.39, 0.29) is 24.0 Å². The smallest absolute Gasteiger partial charge is 0.414 e. The van der Waals surface area contributed by atoms with E-state index in [1.165, 1.54) is 11.8 Å². The lowest BCUT2D eigenvalue weighted by Crippen LogP contribution is -2.32. The first-order valence-electron chi connectivity index (χ1n) is 11.8. The van der Waals surface area contributed by atoms with Gasteiger partial charge in [-0.1, -0.05) is 0 Å². The molecule has 186 valence electrons. The Hall–Kier alpha value is -3.57. The van der Waals surface area contributed by atoms with Gasteiger partial charge in [0.05, 0.1) is 43.4 Å². The summed E-state index contributed by atoms with van der Waals surface area (Å²) < 4.78 is 16.7. The van der Waals surface area contributed by atoms with E-state index < -0.39 is 0 Å². The minimum Gasteiger partial charge on any atom is -0.491 e. The number of aromatic nitrogens is 2. The second kappa shape index (κ2) is 9.47. The number of carbonyl (C=O) groups excluding carboxylic acids is 2. The molecule has 5 heterocycles. The zero-order valence-corrected chi connectivity index (χ0v) is 20.5. The Balaban J connectivity index is 1.05. The maximum Gasteiger partial charge on any atom is 0.414 e. The SMILES string of the molecule is COc1ccc2ncc3c(c2n1)[C@@H](CCNC[C@H]1CN(c2ccc4c(c2)NC(=O)CS4)C(=O)O1)CO3. The van der Waals surface area contributed by atoms with Gasteiger partial charge in [-0.25, -0.2) is 9.78 Å². The first-order chi connectivity index (χ1) is 17.6. The van der Waals surface area contributed by atoms with E-state index in [0.717, 1.165) is 45.9 Å². The molecule has 2 aromatic heterocycles. The van der Waals surface area contributed by atoms with Gasteiger partial charge in [0.25, 0.3) is 0 Å². The van der Waals surface area contributed by atoms with Gasteiger partial charge in [-0.15, -0.1) is 11.8 Å². The van der Waals surface area contributed by atoms with E-state index in [1.54, 1.807) is 24.3 Å². The fourth-order valence-electron chi connectivity index (χ4n) is 4.79. The summed E-state index contributed by atoms with van der Waals surface area (Å²) >= 11 is 1.49. The highest BCUT2D eigenvalue weighted by Gasteiger charge is 2.33. The minimum atomic E-state index is -0.381. The summed E-state index contributed by atoms with van der Waals surface area (Å²) in [4.78, 5) is 35.9. The molecule has 10 nitrogen and oxygen atoms in total. The van der Waals surface area contributed by atoms with Crippen molar-refractivity contribution in [2.45, 2.75) is 23.3 Å². The predicted octanol–water partition coefficient (Wildman–Crippen LogP) is 3.16. The summed E-state index contributed by atoms with van der Waals surface area (Å²) in [5.74, 6) is 1.87. The van der Waals surface area contributed by atoms with Crippen molar-refractivity contribution in [2.75, 3.05) is 49.3 Å². The Morgan fingerprint density at radius 2 is 2.19 bits per heavy atom. The number of rotatable bonds is 7. The van der Waals surface area contributed by atoms with Crippen LogP contribution >= 0.6 is 11.8 Å². The van der Waals surface area contributed by atoms with Crippen LogP contribution in [0.5, 0.6) is 11.6 Å². The summed E-state index contributed by atoms with van der Waals surface area (Å²) in [5, 5.41) is 6.29. The summed E-state index contributed by atoms with van der Waals surface area (Å²) in [6.45, 7) is 2.30. The van der Waals surface area contributed by atoms with Crippen LogP contribution in [0, 0.1) is 0 Å². The normalized spacial score (nSPS) is 20.5. The number of carbonyl (C=O) groups is 2. The van der Waals surface area contributed by atoms with Crippen molar-refractivity contribution in [3.05, 3.63) is 42.1 Å². The molecule has 1 aromatic carbocycles. The van der Waals surface area contributed by atoms with Crippen molar-refractivity contribution in [3.8, 4) is 11.6 Å². The van der Waals surface area contributed by atoms with E-state index in [4.69, 9.17) is 14.2 Å². The van der Waals surface area contributed by atoms with Crippen LogP contribution in [-0.2, 0) is 9.53 Å². The number of fused-ring (bicyclic) bond motifs is 4. The molecule has 1 saturated heterocycles. The Kier molecular flexibility index (Phi) is 6.02. The van der Waals surface area contributed by atoms with Crippen molar-refractivity contribution in [1.82, 2.24) is 15.3 Å². The molecule has 3 aliphatic rings. The summed E-state index contributed by atoms with van der Waals surface area (Å²) in [6, 6.07) is 9.36. The highest BCUT2D eigenvalue weighted by Crippen LogP contribution is 2.40. The molecular formula is C25H25N5O5S. The van der Waals surface area contributed by atoms with Crippen LogP contribution in [0.4, 0.5) is 16.2 Å². The summed E-state index contributed by atoms with van der Waals surface area (Å²) in [5.41, 5.74) is 4.15. The Labute approximate surface area is 211 Å². The molecule has 36 heavy (non-hydrogen) atoms. The third kappa shape index (κ3) is 4.28. The van der Waals surface area contributed by atoms with Gasteiger partial charge >= 0.3 is 6.09 Å². The second-order valence-electron chi connectivity index (χ2n) is 8.89. The monoisotopic (exact) mass is 507 g/mol. The van der Waals surface area contributed by atoms with Gasteiger partial charge in [0.2, 0.25) is 11.8 Å². The van der Waals surface area contributed by atoms with Crippen LogP contribution in [0.2, 0.25) is 0 Å². The fraction of sp³-hybridized carbons (Fsp3) is 0.360. The van der Waals surface area contributed by atoms with Gasteiger partial charge in [0, 0.05) is 34.7 Å². The Bertz CT molecular complexity index is 1350. The number of anilines is 2. The molecule has 11 heteroatoms. The topological polar surface area (TPSA) is 115 Å². The first-order valence-corrected chi connectivity index (χ1v) is 12.8. The summed E-state index contributed by atoms with van der Waals surface area (Å²) in [7, 11) is 1.60. The third-order valence-electron chi connectivity index (χ3n) is 6.57. The molecule has 0 radical (unpaired) electrons. The van der Waals surface area contributed by atoms with E-state index in [9.17, 15) is 9.59 Å². The molecule has 0 unspecified atom stereocenters. The number of hydrogen-bond acceptors (Lipinski definition) is 9. The highest BCUT2D eigenvalue weighted by molar-refractivity contribution is 8.00. The van der Waals surface area contributed by atoms with Crippen LogP contribution in [-0.4, -0.2) is 67.2 Å². The quantitative estimate of drug-likeness (QED) is 0.465. The van der Waals surface area contributed by atoms with Crippen LogP contribution in [0.1, 0.15) is 17.9 Å². The van der Waals surface area contributed by atoms with Gasteiger partial charge in [0.15, 0.2) is 0 Å². The molecule has 6 rings (SSSR count). The summed E-state index contributed by atoms with van der Waals surface area (Å²) in [6.07, 6.45) is 1.96. The number of hydrogen-bond donors (Lipinski definition) is 2. The van der Waals surface area contributed by atoms with Gasteiger partial charge < -0.3 is 24.8 Å². The molecule has 2 atom stereocenters. The second-order valence-corrected chi connectivity index (χ2v) is 9.91. The lowest BCUT2D eigenvalue weighted by atomic mass is 9.97. The molecule has 3 aliphatic heterocycles. The molecule has 3 aromatic rings. The van der Waals surface area contributed by atoms with E-state index in [0.29, 0.717) is 37.0 Å². The third-order valence-corrected chi connectivity index (χ3v) is 7.64. The maximum atomic E-state index is 12.5. The zero-order valence-electron chi connectivity index (χ0n) is 19.7. The van der Waals surface area contributed by atoms with Crippen LogP contribution < -0.4 is 25.0 Å². The molecule has 0 saturated carbocycles. The first kappa shape index (κ1) is 22.9. The molecular weight excluding hydrogens is 482 g/mol. The van der Waals surface area contributed by atoms with Crippen molar-refractivity contribution in [2.24, 2.45) is 0 Å². The van der Waals surface area contributed by atoms with Crippen LogP contribution in [0.25, 0.3) is 11.0 Å². The average molecular weight is 508 g/mol. The van der Waals surface area contributed by atoms with Crippen molar-refractivity contribution in [1.29, 1.82) is 0 Å². The van der Waals surface area contributed by atoms with Gasteiger partial charge in [-0.3, -0.25) is 14.7 Å². The number of ether oxygens (including phenoxy) is 3. The number of nitrogens with one attached hydrogen (secondary N) is 2. The zero-order chi connectivity index (χ0) is 24.6. The highest BCUT2D eigenvalue weighted by atomic mass is 32.2. The van der Waals surface area contributed by atoms with E-state index in [2.05, 4.69) is 20.6 Å². The molecule has 0 spiro atoms. The molecule has 2 amide bonds. The number of benzene rings is 1. The molecule has 2 N–H and O–H groups in total. The number of amides is 2. The number of thioether (sulfide) groups is 1. The number of methoxy groups -OCH3 is 1. The average Bonchev–Trinajstić information content (AvgIpc) is 3.49. The molecule has 1 fully saturated rings. The largest absolute Gasteiger partial charge is 0.491 e. The van der Waals surface area contributed by atoms with Gasteiger partial charge in [0.1, 0.15) is 17.4 Å². The standard InChI is InChI=1S/C25H25N5O5S/c1-33-22-5-3-17-24(29-22)23-14(12-34-19(23)10-27-17)6-7-26-9-16-11-30(25(32)35-16)15-2-4-20-18(8-15)28-21(31)13-36-20/h2-5,8,10,14,16,26H,6-7,9,11-13H2,1H3,(H,28,31)/t14-,16-/m0/s1. The molecule has 0 aliphatic carbocycles. The van der Waals surface area contributed by atoms with Crippen LogP contribution in [0.15, 0.2) is 41.4 Å². The van der Waals surface area contributed by atoms with E-state index in [1.807, 2.05) is 24.3 Å². The Morgan fingerprint density at radius 1 is 1.28 bits per heavy atom. The van der Waals surface area contributed by atoms with Gasteiger partial charge in [-0.2, -0.15) is 0 Å². The molecule has 0 bridgehead atoms. The van der Waals surface area contributed by atoms with E-state index >= 15 is 0 Å². The van der Waals surface area contributed by atoms with Gasteiger partial charge in [-0.05, 0) is 37.2 Å². The minimum absolute atomic E-state index is 0.0369. The van der Waals surface area contributed by atoms with Crippen molar-refractivity contribution < 1.29 is 23.8 Å². The lowest BCUT2D eigenvalue weighted by Gasteiger charge is -2.20. The van der Waals surface area contributed by atoms with Crippen molar-refractivity contribution >= 4 is 46.2 Å². The van der Waals surface area contributed by atoms with Crippen molar-refractivity contribution in [3.63, 3.8) is 0 Å². The number of cyclic esters (lactones) is 1. The maximum absolute atomic E-state index is 12.5. The fourth-order valence-corrected chi connectivity index (χ4v) is 5.58. The number of pyridine rings is 2. The predicted molar refractivity (Wildman–Crippen MR) is 135 cm³/mol. The van der Waals surface area contributed by atoms with Crippen LogP contribution in [0.3, 0.4) is 0 Å².